The molecule has 0 fully saturated rings. The molecule has 1 aromatic carbocycles. The van der Waals surface area contributed by atoms with E-state index >= 15 is 0 Å². The molecule has 0 saturated heterocycles. The SMILES string of the molecule is COc1cc(C(C)NCC(C)(C)O)ccc1OC(F)F. The molecule has 0 bridgehead atoms. The largest absolute Gasteiger partial charge is 0.493 e. The van der Waals surface area contributed by atoms with Crippen LogP contribution in [0.1, 0.15) is 32.4 Å². The van der Waals surface area contributed by atoms with Crippen molar-refractivity contribution in [2.24, 2.45) is 0 Å². The van der Waals surface area contributed by atoms with Crippen molar-refractivity contribution in [3.05, 3.63) is 23.8 Å². The lowest BCUT2D eigenvalue weighted by Gasteiger charge is -2.22. The van der Waals surface area contributed by atoms with Gasteiger partial charge >= 0.3 is 6.61 Å². The van der Waals surface area contributed by atoms with Gasteiger partial charge in [-0.3, -0.25) is 0 Å². The molecule has 0 saturated carbocycles. The van der Waals surface area contributed by atoms with Crippen LogP contribution >= 0.6 is 0 Å². The quantitative estimate of drug-likeness (QED) is 0.810. The Hall–Kier alpha value is -1.40. The zero-order valence-corrected chi connectivity index (χ0v) is 12.1. The monoisotopic (exact) mass is 289 g/mol. The van der Waals surface area contributed by atoms with Crippen LogP contribution in [0.4, 0.5) is 8.78 Å². The highest BCUT2D eigenvalue weighted by Gasteiger charge is 2.16. The molecule has 0 aliphatic rings. The summed E-state index contributed by atoms with van der Waals surface area (Å²) in [6.07, 6.45) is 0. The minimum Gasteiger partial charge on any atom is -0.493 e. The van der Waals surface area contributed by atoms with Gasteiger partial charge in [-0.05, 0) is 38.5 Å². The van der Waals surface area contributed by atoms with E-state index in [9.17, 15) is 13.9 Å². The summed E-state index contributed by atoms with van der Waals surface area (Å²) in [7, 11) is 1.40. The number of ether oxygens (including phenoxy) is 2. The molecule has 0 aliphatic carbocycles. The zero-order chi connectivity index (χ0) is 15.3. The fourth-order valence-corrected chi connectivity index (χ4v) is 1.67. The van der Waals surface area contributed by atoms with E-state index in [0.717, 1.165) is 5.56 Å². The van der Waals surface area contributed by atoms with Crippen LogP contribution in [0.5, 0.6) is 11.5 Å². The molecule has 1 unspecified atom stereocenters. The van der Waals surface area contributed by atoms with Crippen LogP contribution in [0.3, 0.4) is 0 Å². The fraction of sp³-hybridized carbons (Fsp3) is 0.571. The highest BCUT2D eigenvalue weighted by atomic mass is 19.3. The lowest BCUT2D eigenvalue weighted by Crippen LogP contribution is -2.36. The lowest BCUT2D eigenvalue weighted by atomic mass is 10.1. The van der Waals surface area contributed by atoms with Gasteiger partial charge in [0.25, 0.3) is 0 Å². The summed E-state index contributed by atoms with van der Waals surface area (Å²) in [5.74, 6) is 0.251. The minimum atomic E-state index is -2.89. The molecule has 1 atom stereocenters. The van der Waals surface area contributed by atoms with Gasteiger partial charge in [0.15, 0.2) is 11.5 Å². The van der Waals surface area contributed by atoms with Crippen LogP contribution < -0.4 is 14.8 Å². The van der Waals surface area contributed by atoms with E-state index in [1.165, 1.54) is 13.2 Å². The Bertz CT molecular complexity index is 433. The maximum Gasteiger partial charge on any atom is 0.387 e. The van der Waals surface area contributed by atoms with Crippen LogP contribution in [-0.2, 0) is 0 Å². The number of hydrogen-bond acceptors (Lipinski definition) is 4. The van der Waals surface area contributed by atoms with Gasteiger partial charge in [-0.1, -0.05) is 6.07 Å². The maximum atomic E-state index is 12.2. The second-order valence-corrected chi connectivity index (χ2v) is 5.20. The molecule has 0 amide bonds. The van der Waals surface area contributed by atoms with Crippen molar-refractivity contribution < 1.29 is 23.4 Å². The summed E-state index contributed by atoms with van der Waals surface area (Å²) in [5, 5.41) is 12.8. The van der Waals surface area contributed by atoms with Crippen molar-refractivity contribution in [2.45, 2.75) is 39.0 Å². The normalized spacial score (nSPS) is 13.4. The van der Waals surface area contributed by atoms with Crippen LogP contribution in [-0.4, -0.2) is 31.0 Å². The molecule has 0 aliphatic heterocycles. The van der Waals surface area contributed by atoms with Gasteiger partial charge in [0.2, 0.25) is 0 Å². The summed E-state index contributed by atoms with van der Waals surface area (Å²) in [6, 6.07) is 4.71. The third-order valence-electron chi connectivity index (χ3n) is 2.74. The summed E-state index contributed by atoms with van der Waals surface area (Å²) in [4.78, 5) is 0. The van der Waals surface area contributed by atoms with Crippen molar-refractivity contribution in [1.29, 1.82) is 0 Å². The summed E-state index contributed by atoms with van der Waals surface area (Å²) >= 11 is 0. The molecule has 20 heavy (non-hydrogen) atoms. The Morgan fingerprint density at radius 2 is 1.95 bits per heavy atom. The van der Waals surface area contributed by atoms with Crippen molar-refractivity contribution >= 4 is 0 Å². The first-order valence-electron chi connectivity index (χ1n) is 6.31. The lowest BCUT2D eigenvalue weighted by molar-refractivity contribution is -0.0512. The summed E-state index contributed by atoms with van der Waals surface area (Å²) in [6.45, 7) is 2.83. The Labute approximate surface area is 117 Å². The van der Waals surface area contributed by atoms with E-state index in [2.05, 4.69) is 10.1 Å². The molecule has 0 spiro atoms. The smallest absolute Gasteiger partial charge is 0.387 e. The van der Waals surface area contributed by atoms with E-state index in [-0.39, 0.29) is 17.5 Å². The van der Waals surface area contributed by atoms with Crippen LogP contribution in [0.15, 0.2) is 18.2 Å². The number of methoxy groups -OCH3 is 1. The first-order valence-corrected chi connectivity index (χ1v) is 6.31. The first kappa shape index (κ1) is 16.7. The molecule has 114 valence electrons. The van der Waals surface area contributed by atoms with Gasteiger partial charge < -0.3 is 19.9 Å². The average molecular weight is 289 g/mol. The number of aliphatic hydroxyl groups is 1. The molecular weight excluding hydrogens is 268 g/mol. The average Bonchev–Trinajstić information content (AvgIpc) is 2.34. The van der Waals surface area contributed by atoms with Crippen LogP contribution in [0.2, 0.25) is 0 Å². The molecule has 4 nitrogen and oxygen atoms in total. The van der Waals surface area contributed by atoms with Gasteiger partial charge in [-0.25, -0.2) is 0 Å². The third-order valence-corrected chi connectivity index (χ3v) is 2.74. The Kier molecular flexibility index (Phi) is 5.71. The number of halogens is 2. The first-order chi connectivity index (χ1) is 9.23. The standard InChI is InChI=1S/C14H21F2NO3/c1-9(17-8-14(2,3)18)10-5-6-11(20-13(15)16)12(7-10)19-4/h5-7,9,13,17-18H,8H2,1-4H3. The van der Waals surface area contributed by atoms with E-state index in [1.54, 1.807) is 26.0 Å². The number of hydrogen-bond donors (Lipinski definition) is 2. The topological polar surface area (TPSA) is 50.7 Å². The Morgan fingerprint density at radius 1 is 1.30 bits per heavy atom. The van der Waals surface area contributed by atoms with Gasteiger partial charge in [0, 0.05) is 12.6 Å². The molecule has 0 aromatic heterocycles. The summed E-state index contributed by atoms with van der Waals surface area (Å²) in [5.41, 5.74) is 0.0320. The Balaban J connectivity index is 2.81. The van der Waals surface area contributed by atoms with E-state index in [0.29, 0.717) is 6.54 Å². The van der Waals surface area contributed by atoms with Gasteiger partial charge in [0.1, 0.15) is 0 Å². The predicted molar refractivity (Wildman–Crippen MR) is 72.3 cm³/mol. The maximum absolute atomic E-state index is 12.2. The number of nitrogens with one attached hydrogen (secondary N) is 1. The van der Waals surface area contributed by atoms with E-state index in [1.807, 2.05) is 6.92 Å². The van der Waals surface area contributed by atoms with Crippen molar-refractivity contribution in [1.82, 2.24) is 5.32 Å². The molecule has 2 N–H and O–H groups in total. The van der Waals surface area contributed by atoms with Gasteiger partial charge in [0.05, 0.1) is 12.7 Å². The molecule has 1 aromatic rings. The molecular formula is C14H21F2NO3. The number of benzene rings is 1. The fourth-order valence-electron chi connectivity index (χ4n) is 1.67. The van der Waals surface area contributed by atoms with E-state index < -0.39 is 12.2 Å². The highest BCUT2D eigenvalue weighted by Crippen LogP contribution is 2.31. The molecule has 0 radical (unpaired) electrons. The Morgan fingerprint density at radius 3 is 2.45 bits per heavy atom. The van der Waals surface area contributed by atoms with Crippen molar-refractivity contribution in [2.75, 3.05) is 13.7 Å². The highest BCUT2D eigenvalue weighted by molar-refractivity contribution is 5.43. The van der Waals surface area contributed by atoms with Crippen molar-refractivity contribution in [3.63, 3.8) is 0 Å². The number of rotatable bonds is 7. The van der Waals surface area contributed by atoms with Crippen LogP contribution in [0, 0.1) is 0 Å². The second-order valence-electron chi connectivity index (χ2n) is 5.20. The summed E-state index contributed by atoms with van der Waals surface area (Å²) < 4.78 is 33.9. The minimum absolute atomic E-state index is 0.000869. The van der Waals surface area contributed by atoms with Crippen molar-refractivity contribution in [3.8, 4) is 11.5 Å². The third kappa shape index (κ3) is 5.30. The predicted octanol–water partition coefficient (Wildman–Crippen LogP) is 2.72. The number of alkyl halides is 2. The van der Waals surface area contributed by atoms with E-state index in [4.69, 9.17) is 4.74 Å². The molecule has 1 rings (SSSR count). The molecule has 6 heteroatoms. The zero-order valence-electron chi connectivity index (χ0n) is 12.1. The van der Waals surface area contributed by atoms with Crippen LogP contribution in [0.25, 0.3) is 0 Å². The second kappa shape index (κ2) is 6.85. The molecule has 0 heterocycles. The van der Waals surface area contributed by atoms with Gasteiger partial charge in [-0.15, -0.1) is 0 Å². The van der Waals surface area contributed by atoms with Gasteiger partial charge in [-0.2, -0.15) is 8.78 Å².